The first-order chi connectivity index (χ1) is 9.08. The number of H-pyrrole nitrogens is 1. The number of nitrogens with one attached hydrogen (secondary N) is 1. The predicted octanol–water partition coefficient (Wildman–Crippen LogP) is 4.85. The van der Waals surface area contributed by atoms with Crippen LogP contribution in [0.1, 0.15) is 46.6 Å². The molecule has 0 saturated heterocycles. The normalized spacial score (nSPS) is 11.7. The van der Waals surface area contributed by atoms with Crippen molar-refractivity contribution < 1.29 is 4.74 Å². The summed E-state index contributed by atoms with van der Waals surface area (Å²) in [5.74, 6) is 0.878. The lowest BCUT2D eigenvalue weighted by molar-refractivity contribution is 0.245. The lowest BCUT2D eigenvalue weighted by atomic mass is 10.1. The van der Waals surface area contributed by atoms with Crippen molar-refractivity contribution in [2.75, 3.05) is 0 Å². The van der Waals surface area contributed by atoms with Crippen LogP contribution in [0.3, 0.4) is 0 Å². The van der Waals surface area contributed by atoms with E-state index in [9.17, 15) is 0 Å². The maximum Gasteiger partial charge on any atom is 0.178 e. The van der Waals surface area contributed by atoms with Crippen molar-refractivity contribution in [1.29, 1.82) is 0 Å². The molecule has 1 heterocycles. The van der Waals surface area contributed by atoms with Crippen molar-refractivity contribution in [1.82, 2.24) is 9.55 Å². The fourth-order valence-corrected chi connectivity index (χ4v) is 2.84. The number of hydrogen-bond acceptors (Lipinski definition) is 2. The minimum atomic E-state index is 0.157. The van der Waals surface area contributed by atoms with E-state index in [0.29, 0.717) is 6.04 Å². The summed E-state index contributed by atoms with van der Waals surface area (Å²) >= 11 is 5.49. The van der Waals surface area contributed by atoms with Crippen LogP contribution in [0, 0.1) is 4.77 Å². The van der Waals surface area contributed by atoms with Crippen molar-refractivity contribution in [2.24, 2.45) is 0 Å². The van der Waals surface area contributed by atoms with Gasteiger partial charge >= 0.3 is 0 Å². The second-order valence-corrected chi connectivity index (χ2v) is 5.47. The third kappa shape index (κ3) is 2.68. The number of aromatic nitrogens is 2. The van der Waals surface area contributed by atoms with Crippen LogP contribution < -0.4 is 4.74 Å². The van der Waals surface area contributed by atoms with E-state index in [1.54, 1.807) is 0 Å². The molecular formula is C15H22N2OS. The predicted molar refractivity (Wildman–Crippen MR) is 82.5 cm³/mol. The molecule has 0 bridgehead atoms. The Kier molecular flexibility index (Phi) is 4.30. The minimum absolute atomic E-state index is 0.157. The molecule has 19 heavy (non-hydrogen) atoms. The van der Waals surface area contributed by atoms with Gasteiger partial charge in [0.1, 0.15) is 11.3 Å². The molecule has 1 aromatic carbocycles. The van der Waals surface area contributed by atoms with Crippen LogP contribution in [-0.4, -0.2) is 15.7 Å². The molecule has 0 atom stereocenters. The van der Waals surface area contributed by atoms with Gasteiger partial charge in [0.25, 0.3) is 0 Å². The lowest BCUT2D eigenvalue weighted by Crippen LogP contribution is -2.07. The molecule has 0 spiro atoms. The molecule has 0 saturated carbocycles. The maximum absolute atomic E-state index is 5.85. The van der Waals surface area contributed by atoms with E-state index in [0.717, 1.165) is 34.4 Å². The molecule has 4 heteroatoms. The fourth-order valence-electron chi connectivity index (χ4n) is 2.49. The molecule has 0 amide bonds. The highest BCUT2D eigenvalue weighted by molar-refractivity contribution is 7.71. The average Bonchev–Trinajstić information content (AvgIpc) is 2.69. The standard InChI is InChI=1S/C15H22N2OS/c1-5-11(6-2)17-12-8-7-9-13(18-10(3)4)14(12)16-15(17)19/h7-11H,5-6H2,1-4H3,(H,16,19). The highest BCUT2D eigenvalue weighted by Crippen LogP contribution is 2.29. The van der Waals surface area contributed by atoms with Crippen LogP contribution in [0.15, 0.2) is 18.2 Å². The smallest absolute Gasteiger partial charge is 0.178 e. The maximum atomic E-state index is 5.85. The zero-order valence-corrected chi connectivity index (χ0v) is 12.9. The number of fused-ring (bicyclic) bond motifs is 1. The molecule has 0 aliphatic heterocycles. The quantitative estimate of drug-likeness (QED) is 0.793. The number of ether oxygens (including phenoxy) is 1. The molecule has 0 fully saturated rings. The summed E-state index contributed by atoms with van der Waals surface area (Å²) in [6.45, 7) is 8.46. The number of nitrogens with zero attached hydrogens (tertiary/aromatic N) is 1. The first kappa shape index (κ1) is 14.1. The highest BCUT2D eigenvalue weighted by atomic mass is 32.1. The van der Waals surface area contributed by atoms with Gasteiger partial charge in [0.15, 0.2) is 4.77 Å². The van der Waals surface area contributed by atoms with Gasteiger partial charge in [0, 0.05) is 6.04 Å². The third-order valence-electron chi connectivity index (χ3n) is 3.38. The Hall–Kier alpha value is -1.29. The molecule has 0 radical (unpaired) electrons. The summed E-state index contributed by atoms with van der Waals surface area (Å²) in [6, 6.07) is 6.56. The number of hydrogen-bond donors (Lipinski definition) is 1. The Bertz CT molecular complexity index is 608. The Morgan fingerprint density at radius 3 is 2.53 bits per heavy atom. The topological polar surface area (TPSA) is 29.9 Å². The Balaban J connectivity index is 2.62. The molecule has 3 nitrogen and oxygen atoms in total. The zero-order valence-electron chi connectivity index (χ0n) is 12.1. The number of para-hydroxylation sites is 1. The number of benzene rings is 1. The van der Waals surface area contributed by atoms with Crippen LogP contribution in [0.25, 0.3) is 11.0 Å². The van der Waals surface area contributed by atoms with Crippen molar-refractivity contribution in [3.63, 3.8) is 0 Å². The second-order valence-electron chi connectivity index (χ2n) is 5.09. The van der Waals surface area contributed by atoms with Crippen LogP contribution in [-0.2, 0) is 0 Å². The SMILES string of the molecule is CCC(CC)n1c(=S)[nH]c2c(OC(C)C)cccc21. The van der Waals surface area contributed by atoms with Crippen LogP contribution >= 0.6 is 12.2 Å². The van der Waals surface area contributed by atoms with Crippen molar-refractivity contribution in [3.8, 4) is 5.75 Å². The average molecular weight is 278 g/mol. The van der Waals surface area contributed by atoms with E-state index < -0.39 is 0 Å². The van der Waals surface area contributed by atoms with E-state index in [1.807, 2.05) is 26.0 Å². The van der Waals surface area contributed by atoms with Crippen molar-refractivity contribution >= 4 is 23.3 Å². The zero-order chi connectivity index (χ0) is 14.0. The van der Waals surface area contributed by atoms with E-state index in [-0.39, 0.29) is 6.10 Å². The molecular weight excluding hydrogens is 256 g/mol. The summed E-state index contributed by atoms with van der Waals surface area (Å²) in [4.78, 5) is 3.30. The molecule has 2 rings (SSSR count). The number of imidazole rings is 1. The van der Waals surface area contributed by atoms with Gasteiger partial charge in [-0.3, -0.25) is 0 Å². The van der Waals surface area contributed by atoms with Gasteiger partial charge < -0.3 is 14.3 Å². The molecule has 1 aromatic heterocycles. The summed E-state index contributed by atoms with van der Waals surface area (Å²) < 4.78 is 8.85. The van der Waals surface area contributed by atoms with E-state index in [4.69, 9.17) is 17.0 Å². The molecule has 0 aliphatic rings. The largest absolute Gasteiger partial charge is 0.489 e. The summed E-state index contributed by atoms with van der Waals surface area (Å²) in [5, 5.41) is 0. The van der Waals surface area contributed by atoms with Gasteiger partial charge in [-0.1, -0.05) is 19.9 Å². The lowest BCUT2D eigenvalue weighted by Gasteiger charge is -2.16. The monoisotopic (exact) mass is 278 g/mol. The Morgan fingerprint density at radius 2 is 1.95 bits per heavy atom. The first-order valence-corrected chi connectivity index (χ1v) is 7.39. The fraction of sp³-hybridized carbons (Fsp3) is 0.533. The van der Waals surface area contributed by atoms with Gasteiger partial charge in [-0.15, -0.1) is 0 Å². The third-order valence-corrected chi connectivity index (χ3v) is 3.68. The minimum Gasteiger partial charge on any atom is -0.489 e. The highest BCUT2D eigenvalue weighted by Gasteiger charge is 2.15. The van der Waals surface area contributed by atoms with Gasteiger partial charge in [-0.25, -0.2) is 0 Å². The van der Waals surface area contributed by atoms with E-state index >= 15 is 0 Å². The van der Waals surface area contributed by atoms with E-state index in [1.165, 1.54) is 0 Å². The molecule has 2 aromatic rings. The molecule has 0 aliphatic carbocycles. The Morgan fingerprint density at radius 1 is 1.26 bits per heavy atom. The van der Waals surface area contributed by atoms with Crippen LogP contribution in [0.5, 0.6) is 5.75 Å². The van der Waals surface area contributed by atoms with Crippen molar-refractivity contribution in [2.45, 2.75) is 52.7 Å². The van der Waals surface area contributed by atoms with Crippen molar-refractivity contribution in [3.05, 3.63) is 23.0 Å². The summed E-state index contributed by atoms with van der Waals surface area (Å²) in [5.41, 5.74) is 2.14. The number of rotatable bonds is 5. The first-order valence-electron chi connectivity index (χ1n) is 6.98. The molecule has 104 valence electrons. The van der Waals surface area contributed by atoms with Gasteiger partial charge in [-0.2, -0.15) is 0 Å². The Labute approximate surface area is 119 Å². The van der Waals surface area contributed by atoms with E-state index in [2.05, 4.69) is 29.5 Å². The summed E-state index contributed by atoms with van der Waals surface area (Å²) in [6.07, 6.45) is 2.31. The number of aromatic amines is 1. The molecule has 1 N–H and O–H groups in total. The van der Waals surface area contributed by atoms with Gasteiger partial charge in [0.2, 0.25) is 0 Å². The van der Waals surface area contributed by atoms with Gasteiger partial charge in [0.05, 0.1) is 11.6 Å². The van der Waals surface area contributed by atoms with Gasteiger partial charge in [-0.05, 0) is 51.0 Å². The summed E-state index contributed by atoms with van der Waals surface area (Å²) in [7, 11) is 0. The van der Waals surface area contributed by atoms with Crippen LogP contribution in [0.4, 0.5) is 0 Å². The molecule has 0 unspecified atom stereocenters. The second kappa shape index (κ2) is 5.78. The van der Waals surface area contributed by atoms with Crippen LogP contribution in [0.2, 0.25) is 0 Å².